The fourth-order valence-corrected chi connectivity index (χ4v) is 2.95. The van der Waals surface area contributed by atoms with Crippen LogP contribution >= 0.6 is 11.8 Å². The molecule has 2 heterocycles. The van der Waals surface area contributed by atoms with E-state index in [0.717, 1.165) is 6.42 Å². The molecule has 0 amide bonds. The fourth-order valence-electron chi connectivity index (χ4n) is 1.84. The molecule has 88 valence electrons. The van der Waals surface area contributed by atoms with Gasteiger partial charge >= 0.3 is 0 Å². The maximum atomic E-state index is 10.0. The Hall–Kier alpha value is -0.650. The first-order valence-electron chi connectivity index (χ1n) is 5.44. The highest BCUT2D eigenvalue weighted by molar-refractivity contribution is 7.99. The van der Waals surface area contributed by atoms with Crippen LogP contribution < -0.4 is 0 Å². The minimum atomic E-state index is -0.454. The van der Waals surface area contributed by atoms with Crippen LogP contribution in [0.2, 0.25) is 0 Å². The quantitative estimate of drug-likeness (QED) is 0.797. The lowest BCUT2D eigenvalue weighted by Crippen LogP contribution is -2.41. The molecule has 1 N–H and O–H groups in total. The van der Waals surface area contributed by atoms with Crippen LogP contribution in [0.5, 0.6) is 0 Å². The average molecular weight is 240 g/mol. The molecular formula is C11H16N2O2S. The molecule has 5 heteroatoms. The molecule has 1 saturated heterocycles. The van der Waals surface area contributed by atoms with Crippen molar-refractivity contribution >= 4 is 11.8 Å². The molecular weight excluding hydrogens is 224 g/mol. The normalized spacial score (nSPS) is 34.9. The van der Waals surface area contributed by atoms with Crippen molar-refractivity contribution in [2.75, 3.05) is 0 Å². The highest BCUT2D eigenvalue weighted by atomic mass is 32.2. The number of rotatable bonds is 2. The molecule has 0 bridgehead atoms. The highest BCUT2D eigenvalue weighted by Gasteiger charge is 2.34. The predicted molar refractivity (Wildman–Crippen MR) is 62.0 cm³/mol. The summed E-state index contributed by atoms with van der Waals surface area (Å²) in [6, 6.07) is 1.77. The third-order valence-electron chi connectivity index (χ3n) is 2.70. The first-order valence-corrected chi connectivity index (χ1v) is 6.32. The maximum Gasteiger partial charge on any atom is 0.190 e. The Balaban J connectivity index is 2.03. The Bertz CT molecular complexity index is 336. The number of aliphatic hydroxyl groups is 1. The first kappa shape index (κ1) is 11.8. The second-order valence-corrected chi connectivity index (χ2v) is 5.23. The third-order valence-corrected chi connectivity index (χ3v) is 3.74. The topological polar surface area (TPSA) is 55.2 Å². The monoisotopic (exact) mass is 240 g/mol. The van der Waals surface area contributed by atoms with Gasteiger partial charge in [0.05, 0.1) is 12.2 Å². The minimum Gasteiger partial charge on any atom is -0.389 e. The van der Waals surface area contributed by atoms with Crippen LogP contribution in [0.1, 0.15) is 20.3 Å². The zero-order valence-electron chi connectivity index (χ0n) is 9.41. The Morgan fingerprint density at radius 3 is 2.75 bits per heavy atom. The summed E-state index contributed by atoms with van der Waals surface area (Å²) in [6.07, 6.45) is 4.01. The third kappa shape index (κ3) is 2.72. The van der Waals surface area contributed by atoms with Gasteiger partial charge in [-0.1, -0.05) is 18.7 Å². The van der Waals surface area contributed by atoms with E-state index in [4.69, 9.17) is 4.74 Å². The molecule has 1 unspecified atom stereocenters. The molecule has 1 aliphatic rings. The second kappa shape index (κ2) is 5.12. The highest BCUT2D eigenvalue weighted by Crippen LogP contribution is 2.33. The Morgan fingerprint density at radius 1 is 1.38 bits per heavy atom. The van der Waals surface area contributed by atoms with Crippen LogP contribution in [-0.4, -0.2) is 32.7 Å². The zero-order valence-corrected chi connectivity index (χ0v) is 10.2. The van der Waals surface area contributed by atoms with Crippen LogP contribution in [0, 0.1) is 5.92 Å². The molecule has 0 radical (unpaired) electrons. The van der Waals surface area contributed by atoms with E-state index in [2.05, 4.69) is 9.97 Å². The van der Waals surface area contributed by atoms with Gasteiger partial charge < -0.3 is 9.84 Å². The summed E-state index contributed by atoms with van der Waals surface area (Å²) in [4.78, 5) is 8.24. The van der Waals surface area contributed by atoms with E-state index < -0.39 is 6.10 Å². The van der Waals surface area contributed by atoms with Crippen molar-refractivity contribution in [3.05, 3.63) is 18.5 Å². The molecule has 2 rings (SSSR count). The summed E-state index contributed by atoms with van der Waals surface area (Å²) in [7, 11) is 0. The number of hydrogen-bond donors (Lipinski definition) is 1. The van der Waals surface area contributed by atoms with E-state index in [9.17, 15) is 5.11 Å². The van der Waals surface area contributed by atoms with Crippen LogP contribution in [0.4, 0.5) is 0 Å². The van der Waals surface area contributed by atoms with Crippen molar-refractivity contribution < 1.29 is 9.84 Å². The van der Waals surface area contributed by atoms with Gasteiger partial charge in [-0.2, -0.15) is 0 Å². The summed E-state index contributed by atoms with van der Waals surface area (Å²) < 4.78 is 5.71. The number of nitrogens with zero attached hydrogens (tertiary/aromatic N) is 2. The van der Waals surface area contributed by atoms with Crippen molar-refractivity contribution in [1.29, 1.82) is 0 Å². The number of aliphatic hydroxyl groups excluding tert-OH is 1. The maximum absolute atomic E-state index is 10.0. The van der Waals surface area contributed by atoms with E-state index in [1.807, 2.05) is 13.8 Å². The lowest BCUT2D eigenvalue weighted by atomic mass is 9.96. The molecule has 4 atom stereocenters. The smallest absolute Gasteiger partial charge is 0.190 e. The van der Waals surface area contributed by atoms with Gasteiger partial charge in [0.15, 0.2) is 5.16 Å². The van der Waals surface area contributed by atoms with Gasteiger partial charge in [0.1, 0.15) is 5.44 Å². The molecule has 0 aliphatic carbocycles. The van der Waals surface area contributed by atoms with Crippen LogP contribution in [0.3, 0.4) is 0 Å². The molecule has 1 aromatic heterocycles. The van der Waals surface area contributed by atoms with E-state index in [-0.39, 0.29) is 17.5 Å². The van der Waals surface area contributed by atoms with Crippen molar-refractivity contribution in [3.63, 3.8) is 0 Å². The number of thioether (sulfide) groups is 1. The van der Waals surface area contributed by atoms with Crippen molar-refractivity contribution in [1.82, 2.24) is 9.97 Å². The number of aromatic nitrogens is 2. The summed E-state index contributed by atoms with van der Waals surface area (Å²) in [5.41, 5.74) is -0.263. The summed E-state index contributed by atoms with van der Waals surface area (Å²) >= 11 is 1.39. The van der Waals surface area contributed by atoms with Crippen LogP contribution in [0.15, 0.2) is 23.6 Å². The molecule has 0 spiro atoms. The Morgan fingerprint density at radius 2 is 2.06 bits per heavy atom. The molecule has 16 heavy (non-hydrogen) atoms. The largest absolute Gasteiger partial charge is 0.389 e. The first-order chi connectivity index (χ1) is 7.66. The second-order valence-electron chi connectivity index (χ2n) is 4.17. The van der Waals surface area contributed by atoms with Gasteiger partial charge in [0.25, 0.3) is 0 Å². The van der Waals surface area contributed by atoms with Gasteiger partial charge in [-0.05, 0) is 25.3 Å². The number of ether oxygens (including phenoxy) is 1. The lowest BCUT2D eigenvalue weighted by Gasteiger charge is -2.35. The standard InChI is InChI=1S/C11H16N2O2S/c1-7-6-8(2)15-10(9(7)14)16-11-12-4-3-5-13-11/h3-5,7-10,14H,6H2,1-2H3/t7-,8+,9+,10?/m0/s1. The summed E-state index contributed by atoms with van der Waals surface area (Å²) in [5, 5.41) is 10.7. The Labute approximate surface area is 99.5 Å². The number of hydrogen-bond acceptors (Lipinski definition) is 5. The van der Waals surface area contributed by atoms with E-state index >= 15 is 0 Å². The molecule has 1 aromatic rings. The van der Waals surface area contributed by atoms with Crippen molar-refractivity contribution in [3.8, 4) is 0 Å². The summed E-state index contributed by atoms with van der Waals surface area (Å²) in [6.45, 7) is 4.07. The van der Waals surface area contributed by atoms with Gasteiger partial charge in [0, 0.05) is 12.4 Å². The molecule has 1 aliphatic heterocycles. The lowest BCUT2D eigenvalue weighted by molar-refractivity contribution is -0.0945. The molecule has 4 nitrogen and oxygen atoms in total. The van der Waals surface area contributed by atoms with Gasteiger partial charge in [0.2, 0.25) is 0 Å². The van der Waals surface area contributed by atoms with E-state index in [0.29, 0.717) is 5.16 Å². The van der Waals surface area contributed by atoms with E-state index in [1.54, 1.807) is 18.5 Å². The van der Waals surface area contributed by atoms with Crippen molar-refractivity contribution in [2.24, 2.45) is 5.92 Å². The summed E-state index contributed by atoms with van der Waals surface area (Å²) in [5.74, 6) is 0.255. The fraction of sp³-hybridized carbons (Fsp3) is 0.636. The molecule has 1 fully saturated rings. The molecule has 0 aromatic carbocycles. The van der Waals surface area contributed by atoms with Gasteiger partial charge in [-0.3, -0.25) is 0 Å². The van der Waals surface area contributed by atoms with Gasteiger partial charge in [-0.25, -0.2) is 9.97 Å². The average Bonchev–Trinajstić information content (AvgIpc) is 2.27. The predicted octanol–water partition coefficient (Wildman–Crippen LogP) is 1.70. The van der Waals surface area contributed by atoms with Crippen LogP contribution in [0.25, 0.3) is 0 Å². The SMILES string of the molecule is C[C@@H]1C[C@H](C)[C@@H](O)C(Sc2ncccn2)O1. The minimum absolute atomic E-state index is 0.180. The van der Waals surface area contributed by atoms with Crippen LogP contribution in [-0.2, 0) is 4.74 Å². The Kier molecular flexibility index (Phi) is 3.78. The van der Waals surface area contributed by atoms with Crippen molar-refractivity contribution in [2.45, 2.75) is 43.1 Å². The van der Waals surface area contributed by atoms with Gasteiger partial charge in [-0.15, -0.1) is 0 Å². The van der Waals surface area contributed by atoms with E-state index in [1.165, 1.54) is 11.8 Å². The molecule has 0 saturated carbocycles. The zero-order chi connectivity index (χ0) is 11.5.